The van der Waals surface area contributed by atoms with Crippen LogP contribution in [0.25, 0.3) is 0 Å². The van der Waals surface area contributed by atoms with Gasteiger partial charge in [0.05, 0.1) is 9.79 Å². The van der Waals surface area contributed by atoms with E-state index in [9.17, 15) is 16.8 Å². The van der Waals surface area contributed by atoms with Crippen LogP contribution in [0.4, 0.5) is 0 Å². The van der Waals surface area contributed by atoms with E-state index in [1.54, 1.807) is 0 Å². The highest BCUT2D eigenvalue weighted by molar-refractivity contribution is 7.90. The Hall–Kier alpha value is -1.00. The number of benzene rings is 1. The minimum Gasteiger partial charge on any atom is -0.314 e. The summed E-state index contributed by atoms with van der Waals surface area (Å²) in [6.45, 7) is 4.77. The van der Waals surface area contributed by atoms with E-state index in [0.29, 0.717) is 13.1 Å². The Labute approximate surface area is 143 Å². The molecule has 9 heteroatoms. The fourth-order valence-corrected chi connectivity index (χ4v) is 5.40. The van der Waals surface area contributed by atoms with Crippen LogP contribution in [-0.2, 0) is 19.9 Å². The summed E-state index contributed by atoms with van der Waals surface area (Å²) < 4.78 is 50.0. The van der Waals surface area contributed by atoms with Gasteiger partial charge in [0.15, 0.2) is 9.84 Å². The van der Waals surface area contributed by atoms with Gasteiger partial charge in [-0.1, -0.05) is 0 Å². The van der Waals surface area contributed by atoms with E-state index >= 15 is 0 Å². The standard InChI is InChI=1S/C15H23N3O4S2/c1-23(19,20)14-2-4-15(5-3-14)24(21,22)18-9-6-13(12-18)17-10-7-16-8-11-17/h2-5,13,16H,6-12H2,1H3. The van der Waals surface area contributed by atoms with Crippen LogP contribution in [0, 0.1) is 0 Å². The Morgan fingerprint density at radius 3 is 2.12 bits per heavy atom. The van der Waals surface area contributed by atoms with Crippen molar-refractivity contribution in [1.82, 2.24) is 14.5 Å². The van der Waals surface area contributed by atoms with Gasteiger partial charge in [-0.05, 0) is 30.7 Å². The first kappa shape index (κ1) is 17.8. The van der Waals surface area contributed by atoms with Crippen molar-refractivity contribution in [2.75, 3.05) is 45.5 Å². The average Bonchev–Trinajstić information content (AvgIpc) is 3.06. The molecule has 1 N–H and O–H groups in total. The predicted octanol–water partition coefficient (Wildman–Crippen LogP) is -0.242. The van der Waals surface area contributed by atoms with E-state index in [-0.39, 0.29) is 15.8 Å². The molecule has 0 aliphatic carbocycles. The van der Waals surface area contributed by atoms with E-state index in [0.717, 1.165) is 38.9 Å². The second-order valence-electron chi connectivity index (χ2n) is 6.34. The SMILES string of the molecule is CS(=O)(=O)c1ccc(S(=O)(=O)N2CCC(N3CCNCC3)C2)cc1. The lowest BCUT2D eigenvalue weighted by Gasteiger charge is -2.32. The fraction of sp³-hybridized carbons (Fsp3) is 0.600. The third kappa shape index (κ3) is 3.65. The van der Waals surface area contributed by atoms with Crippen molar-refractivity contribution in [3.8, 4) is 0 Å². The molecule has 1 aromatic rings. The van der Waals surface area contributed by atoms with Gasteiger partial charge in [0.2, 0.25) is 10.0 Å². The van der Waals surface area contributed by atoms with Gasteiger partial charge >= 0.3 is 0 Å². The number of hydrogen-bond donors (Lipinski definition) is 1. The van der Waals surface area contributed by atoms with Gasteiger partial charge in [0.1, 0.15) is 0 Å². The molecular weight excluding hydrogens is 350 g/mol. The lowest BCUT2D eigenvalue weighted by atomic mass is 10.2. The van der Waals surface area contributed by atoms with Crippen molar-refractivity contribution < 1.29 is 16.8 Å². The van der Waals surface area contributed by atoms with Crippen LogP contribution in [-0.4, -0.2) is 77.6 Å². The lowest BCUT2D eigenvalue weighted by Crippen LogP contribution is -2.49. The molecule has 7 nitrogen and oxygen atoms in total. The predicted molar refractivity (Wildman–Crippen MR) is 91.2 cm³/mol. The first-order valence-electron chi connectivity index (χ1n) is 8.03. The highest BCUT2D eigenvalue weighted by Gasteiger charge is 2.35. The monoisotopic (exact) mass is 373 g/mol. The molecular formula is C15H23N3O4S2. The highest BCUT2D eigenvalue weighted by atomic mass is 32.2. The van der Waals surface area contributed by atoms with E-state index in [4.69, 9.17) is 0 Å². The molecule has 1 unspecified atom stereocenters. The maximum Gasteiger partial charge on any atom is 0.243 e. The third-order valence-electron chi connectivity index (χ3n) is 4.68. The zero-order valence-electron chi connectivity index (χ0n) is 13.7. The van der Waals surface area contributed by atoms with Crippen LogP contribution < -0.4 is 5.32 Å². The second-order valence-corrected chi connectivity index (χ2v) is 10.3. The van der Waals surface area contributed by atoms with Gasteiger partial charge in [-0.3, -0.25) is 4.90 Å². The number of rotatable bonds is 4. The average molecular weight is 374 g/mol. The normalized spacial score (nSPS) is 24.3. The molecule has 134 valence electrons. The molecule has 0 spiro atoms. The van der Waals surface area contributed by atoms with Gasteiger partial charge in [0.25, 0.3) is 0 Å². The van der Waals surface area contributed by atoms with Crippen molar-refractivity contribution in [2.24, 2.45) is 0 Å². The first-order chi connectivity index (χ1) is 11.3. The zero-order chi connectivity index (χ0) is 17.4. The second kappa shape index (κ2) is 6.72. The van der Waals surface area contributed by atoms with Crippen molar-refractivity contribution in [3.63, 3.8) is 0 Å². The molecule has 2 fully saturated rings. The Kier molecular flexibility index (Phi) is 4.99. The number of nitrogens with one attached hydrogen (secondary N) is 1. The zero-order valence-corrected chi connectivity index (χ0v) is 15.3. The Morgan fingerprint density at radius 2 is 1.54 bits per heavy atom. The molecule has 1 atom stereocenters. The maximum atomic E-state index is 12.8. The minimum atomic E-state index is -3.58. The van der Waals surface area contributed by atoms with Gasteiger partial charge in [-0.15, -0.1) is 0 Å². The smallest absolute Gasteiger partial charge is 0.243 e. The molecule has 2 saturated heterocycles. The molecule has 2 aliphatic heterocycles. The summed E-state index contributed by atoms with van der Waals surface area (Å²) >= 11 is 0. The van der Waals surface area contributed by atoms with Crippen LogP contribution in [0.5, 0.6) is 0 Å². The fourth-order valence-electron chi connectivity index (χ4n) is 3.28. The lowest BCUT2D eigenvalue weighted by molar-refractivity contribution is 0.179. The van der Waals surface area contributed by atoms with Crippen molar-refractivity contribution in [1.29, 1.82) is 0 Å². The van der Waals surface area contributed by atoms with Crippen LogP contribution >= 0.6 is 0 Å². The minimum absolute atomic E-state index is 0.126. The summed E-state index contributed by atoms with van der Waals surface area (Å²) in [4.78, 5) is 2.62. The van der Waals surface area contributed by atoms with E-state index in [1.807, 2.05) is 0 Å². The number of piperazine rings is 1. The molecule has 1 aromatic carbocycles. The van der Waals surface area contributed by atoms with Crippen LogP contribution in [0.15, 0.2) is 34.1 Å². The molecule has 2 aliphatic rings. The number of sulfonamides is 1. The Balaban J connectivity index is 1.74. The van der Waals surface area contributed by atoms with Crippen molar-refractivity contribution in [3.05, 3.63) is 24.3 Å². The third-order valence-corrected chi connectivity index (χ3v) is 7.69. The number of sulfone groups is 1. The molecule has 24 heavy (non-hydrogen) atoms. The summed E-state index contributed by atoms with van der Waals surface area (Å²) in [5, 5.41) is 3.30. The van der Waals surface area contributed by atoms with Crippen LogP contribution in [0.2, 0.25) is 0 Å². The van der Waals surface area contributed by atoms with E-state index < -0.39 is 19.9 Å². The summed E-state index contributed by atoms with van der Waals surface area (Å²) in [5.41, 5.74) is 0. The van der Waals surface area contributed by atoms with E-state index in [1.165, 1.54) is 28.6 Å². The van der Waals surface area contributed by atoms with Crippen molar-refractivity contribution in [2.45, 2.75) is 22.3 Å². The molecule has 2 heterocycles. The topological polar surface area (TPSA) is 86.8 Å². The van der Waals surface area contributed by atoms with Gasteiger partial charge in [-0.25, -0.2) is 16.8 Å². The number of hydrogen-bond acceptors (Lipinski definition) is 6. The molecule has 0 bridgehead atoms. The number of nitrogens with zero attached hydrogens (tertiary/aromatic N) is 2. The summed E-state index contributed by atoms with van der Waals surface area (Å²) in [5.74, 6) is 0. The van der Waals surface area contributed by atoms with Crippen LogP contribution in [0.1, 0.15) is 6.42 Å². The molecule has 0 aromatic heterocycles. The van der Waals surface area contributed by atoms with Crippen LogP contribution in [0.3, 0.4) is 0 Å². The quantitative estimate of drug-likeness (QED) is 0.784. The Bertz CT molecular complexity index is 785. The van der Waals surface area contributed by atoms with E-state index in [2.05, 4.69) is 10.2 Å². The van der Waals surface area contributed by atoms with Crippen molar-refractivity contribution >= 4 is 19.9 Å². The van der Waals surface area contributed by atoms with Gasteiger partial charge < -0.3 is 5.32 Å². The molecule has 3 rings (SSSR count). The summed E-state index contributed by atoms with van der Waals surface area (Å²) in [6.07, 6.45) is 1.94. The van der Waals surface area contributed by atoms with Gasteiger partial charge in [0, 0.05) is 51.6 Å². The van der Waals surface area contributed by atoms with Gasteiger partial charge in [-0.2, -0.15) is 4.31 Å². The summed E-state index contributed by atoms with van der Waals surface area (Å²) in [7, 11) is -6.90. The first-order valence-corrected chi connectivity index (χ1v) is 11.4. The highest BCUT2D eigenvalue weighted by Crippen LogP contribution is 2.24. The maximum absolute atomic E-state index is 12.8. The molecule has 0 saturated carbocycles. The Morgan fingerprint density at radius 1 is 0.958 bits per heavy atom. The summed E-state index contributed by atoms with van der Waals surface area (Å²) in [6, 6.07) is 5.73. The molecule has 0 amide bonds. The molecule has 0 radical (unpaired) electrons. The largest absolute Gasteiger partial charge is 0.314 e.